The second kappa shape index (κ2) is 13.8. The number of hydrogen-bond donors (Lipinski definition) is 2. The maximum absolute atomic E-state index is 13.1. The van der Waals surface area contributed by atoms with Gasteiger partial charge in [-0.1, -0.05) is 12.5 Å². The van der Waals surface area contributed by atoms with Crippen LogP contribution in [0.5, 0.6) is 0 Å². The van der Waals surface area contributed by atoms with Crippen LogP contribution in [-0.4, -0.2) is 108 Å². The number of benzene rings is 1. The molecule has 0 atom stereocenters. The number of carbonyl (C=O) groups excluding carboxylic acids is 1. The highest BCUT2D eigenvalue weighted by Crippen LogP contribution is 2.30. The molecule has 1 amide bonds. The maximum Gasteiger partial charge on any atom is 0.267 e. The molecule has 2 aliphatic heterocycles. The van der Waals surface area contributed by atoms with Gasteiger partial charge >= 0.3 is 0 Å². The highest BCUT2D eigenvalue weighted by atomic mass is 16.1. The van der Waals surface area contributed by atoms with E-state index in [4.69, 9.17) is 4.98 Å². The zero-order chi connectivity index (χ0) is 29.6. The van der Waals surface area contributed by atoms with E-state index in [2.05, 4.69) is 61.6 Å². The van der Waals surface area contributed by atoms with Gasteiger partial charge in [0, 0.05) is 86.2 Å². The minimum Gasteiger partial charge on any atom is -0.384 e. The van der Waals surface area contributed by atoms with Crippen molar-refractivity contribution in [3.63, 3.8) is 0 Å². The lowest BCUT2D eigenvalue weighted by molar-refractivity contribution is 0.0941. The Morgan fingerprint density at radius 1 is 0.860 bits per heavy atom. The number of aryl methyl sites for hydroxylation is 1. The van der Waals surface area contributed by atoms with Crippen LogP contribution >= 0.6 is 0 Å². The van der Waals surface area contributed by atoms with E-state index >= 15 is 0 Å². The predicted molar refractivity (Wildman–Crippen MR) is 176 cm³/mol. The highest BCUT2D eigenvalue weighted by Gasteiger charge is 2.17. The fourth-order valence-electron chi connectivity index (χ4n) is 6.46. The normalized spacial score (nSPS) is 17.1. The molecule has 2 N–H and O–H groups in total. The number of amides is 1. The number of piperazine rings is 1. The number of likely N-dealkylation sites (N-methyl/N-ethyl adjacent to an activating group) is 1. The molecular weight excluding hydrogens is 536 g/mol. The van der Waals surface area contributed by atoms with Gasteiger partial charge in [0.15, 0.2) is 0 Å². The molecule has 0 spiro atoms. The van der Waals surface area contributed by atoms with Crippen LogP contribution in [0.4, 0.5) is 5.69 Å². The molecule has 0 aliphatic carbocycles. The smallest absolute Gasteiger partial charge is 0.267 e. The number of rotatable bonds is 11. The molecule has 2 saturated heterocycles. The topological polar surface area (TPSA) is 81.6 Å². The van der Waals surface area contributed by atoms with Crippen molar-refractivity contribution >= 4 is 33.4 Å². The molecule has 5 heterocycles. The van der Waals surface area contributed by atoms with E-state index < -0.39 is 0 Å². The fraction of sp³-hybridized carbons (Fsp3) is 0.500. The summed E-state index contributed by atoms with van der Waals surface area (Å²) >= 11 is 0. The van der Waals surface area contributed by atoms with Crippen molar-refractivity contribution in [3.8, 4) is 11.3 Å². The Balaban J connectivity index is 1.13. The van der Waals surface area contributed by atoms with Crippen LogP contribution in [0.1, 0.15) is 42.6 Å². The number of hydrogen-bond acceptors (Lipinski definition) is 7. The van der Waals surface area contributed by atoms with Crippen molar-refractivity contribution in [2.75, 3.05) is 77.8 Å². The molecule has 6 rings (SSSR count). The van der Waals surface area contributed by atoms with Crippen LogP contribution in [0.2, 0.25) is 0 Å². The summed E-state index contributed by atoms with van der Waals surface area (Å²) in [7, 11) is 4.14. The van der Waals surface area contributed by atoms with Gasteiger partial charge in [-0.15, -0.1) is 0 Å². The van der Waals surface area contributed by atoms with E-state index in [1.54, 1.807) is 6.20 Å². The standard InChI is InChI=1S/C34H46N8O/c1-39-18-20-42(21-19-39)17-7-12-37-34(43)33-23-27-22-26(8-9-32(27)40(33)2)30-24-31(28-25-35-13-10-29(28)38-30)36-11-6-16-41-14-4-3-5-15-41/h8-10,13,22-25H,3-7,11-12,14-21H2,1-2H3,(H,36,38)(H,37,43). The zero-order valence-electron chi connectivity index (χ0n) is 25.8. The molecule has 1 aromatic carbocycles. The van der Waals surface area contributed by atoms with Gasteiger partial charge in [0.2, 0.25) is 0 Å². The largest absolute Gasteiger partial charge is 0.384 e. The van der Waals surface area contributed by atoms with Crippen molar-refractivity contribution in [3.05, 3.63) is 54.5 Å². The molecule has 3 aromatic heterocycles. The van der Waals surface area contributed by atoms with Gasteiger partial charge in [-0.05, 0) is 89.2 Å². The van der Waals surface area contributed by atoms with Crippen LogP contribution in [0.25, 0.3) is 33.1 Å². The van der Waals surface area contributed by atoms with Crippen molar-refractivity contribution in [1.82, 2.24) is 34.6 Å². The highest BCUT2D eigenvalue weighted by molar-refractivity contribution is 6.00. The molecule has 0 saturated carbocycles. The Labute approximate surface area is 255 Å². The van der Waals surface area contributed by atoms with Crippen LogP contribution in [-0.2, 0) is 7.05 Å². The lowest BCUT2D eigenvalue weighted by atomic mass is 10.1. The Morgan fingerprint density at radius 2 is 1.63 bits per heavy atom. The summed E-state index contributed by atoms with van der Waals surface area (Å²) in [4.78, 5) is 29.9. The van der Waals surface area contributed by atoms with E-state index in [0.717, 1.165) is 97.4 Å². The number of nitrogens with zero attached hydrogens (tertiary/aromatic N) is 6. The quantitative estimate of drug-likeness (QED) is 0.253. The van der Waals surface area contributed by atoms with Crippen molar-refractivity contribution in [2.45, 2.75) is 32.1 Å². The van der Waals surface area contributed by atoms with E-state index in [-0.39, 0.29) is 5.91 Å². The first-order chi connectivity index (χ1) is 21.0. The summed E-state index contributed by atoms with van der Waals surface area (Å²) in [6.07, 6.45) is 9.79. The maximum atomic E-state index is 13.1. The zero-order valence-corrected chi connectivity index (χ0v) is 25.8. The van der Waals surface area contributed by atoms with Gasteiger partial charge in [0.1, 0.15) is 5.69 Å². The third-order valence-corrected chi connectivity index (χ3v) is 9.13. The molecule has 228 valence electrons. The monoisotopic (exact) mass is 582 g/mol. The minimum absolute atomic E-state index is 0.0222. The second-order valence-corrected chi connectivity index (χ2v) is 12.2. The average Bonchev–Trinajstić information content (AvgIpc) is 3.38. The molecule has 9 nitrogen and oxygen atoms in total. The first kappa shape index (κ1) is 29.5. The van der Waals surface area contributed by atoms with Crippen molar-refractivity contribution < 1.29 is 4.79 Å². The third-order valence-electron chi connectivity index (χ3n) is 9.13. The van der Waals surface area contributed by atoms with Crippen LogP contribution in [0.15, 0.2) is 48.8 Å². The number of piperidine rings is 1. The third kappa shape index (κ3) is 7.17. The predicted octanol–water partition coefficient (Wildman–Crippen LogP) is 4.44. The summed E-state index contributed by atoms with van der Waals surface area (Å²) in [5.74, 6) is -0.0222. The lowest BCUT2D eigenvalue weighted by Crippen LogP contribution is -2.45. The van der Waals surface area contributed by atoms with Gasteiger partial charge in [0.05, 0.1) is 11.2 Å². The van der Waals surface area contributed by atoms with Gasteiger partial charge in [-0.25, -0.2) is 4.98 Å². The lowest BCUT2D eigenvalue weighted by Gasteiger charge is -2.32. The summed E-state index contributed by atoms with van der Waals surface area (Å²) in [6, 6.07) is 12.5. The molecule has 43 heavy (non-hydrogen) atoms. The molecule has 0 unspecified atom stereocenters. The average molecular weight is 583 g/mol. The second-order valence-electron chi connectivity index (χ2n) is 12.2. The van der Waals surface area contributed by atoms with Crippen LogP contribution in [0, 0.1) is 0 Å². The SMILES string of the molecule is CN1CCN(CCCNC(=O)c2cc3cc(-c4cc(NCCCN5CCCCC5)c5cnccc5n4)ccc3n2C)CC1. The van der Waals surface area contributed by atoms with Gasteiger partial charge in [0.25, 0.3) is 5.91 Å². The summed E-state index contributed by atoms with van der Waals surface area (Å²) in [6.45, 7) is 10.7. The summed E-state index contributed by atoms with van der Waals surface area (Å²) < 4.78 is 1.99. The Morgan fingerprint density at radius 3 is 2.44 bits per heavy atom. The Hall–Kier alpha value is -3.53. The van der Waals surface area contributed by atoms with E-state index in [9.17, 15) is 4.79 Å². The van der Waals surface area contributed by atoms with Gasteiger partial charge < -0.3 is 29.9 Å². The molecule has 0 radical (unpaired) electrons. The fourth-order valence-corrected chi connectivity index (χ4v) is 6.46. The molecule has 2 fully saturated rings. The molecule has 9 heteroatoms. The number of aromatic nitrogens is 3. The Kier molecular flexibility index (Phi) is 9.51. The molecule has 4 aromatic rings. The van der Waals surface area contributed by atoms with E-state index in [1.807, 2.05) is 29.9 Å². The number of anilines is 1. The number of nitrogens with one attached hydrogen (secondary N) is 2. The Bertz CT molecular complexity index is 1530. The van der Waals surface area contributed by atoms with Crippen LogP contribution in [0.3, 0.4) is 0 Å². The van der Waals surface area contributed by atoms with E-state index in [0.29, 0.717) is 12.2 Å². The minimum atomic E-state index is -0.0222. The summed E-state index contributed by atoms with van der Waals surface area (Å²) in [5, 5.41) is 8.90. The molecule has 2 aliphatic rings. The molecular formula is C34H46N8O. The van der Waals surface area contributed by atoms with Gasteiger partial charge in [-0.2, -0.15) is 0 Å². The first-order valence-electron chi connectivity index (χ1n) is 16.0. The number of pyridine rings is 2. The number of fused-ring (bicyclic) bond motifs is 2. The first-order valence-corrected chi connectivity index (χ1v) is 16.0. The number of likely N-dealkylation sites (tertiary alicyclic amines) is 1. The molecule has 0 bridgehead atoms. The van der Waals surface area contributed by atoms with E-state index in [1.165, 1.54) is 32.4 Å². The van der Waals surface area contributed by atoms with Gasteiger partial charge in [-0.3, -0.25) is 9.78 Å². The van der Waals surface area contributed by atoms with Crippen molar-refractivity contribution in [1.29, 1.82) is 0 Å². The van der Waals surface area contributed by atoms with Crippen molar-refractivity contribution in [2.24, 2.45) is 7.05 Å². The summed E-state index contributed by atoms with van der Waals surface area (Å²) in [5.41, 5.74) is 5.66. The van der Waals surface area contributed by atoms with Crippen LogP contribution < -0.4 is 10.6 Å². The number of carbonyl (C=O) groups is 1.